The van der Waals surface area contributed by atoms with Crippen LogP contribution in [0.25, 0.3) is 10.8 Å². The van der Waals surface area contributed by atoms with Gasteiger partial charge in [0.05, 0.1) is 4.90 Å². The first kappa shape index (κ1) is 14.5. The second-order valence-corrected chi connectivity index (χ2v) is 14.3. The number of hydrogen-bond donors (Lipinski definition) is 0. The third-order valence-corrected chi connectivity index (χ3v) is 8.00. The summed E-state index contributed by atoms with van der Waals surface area (Å²) in [7, 11) is -3.53. The van der Waals surface area contributed by atoms with Gasteiger partial charge in [-0.3, -0.25) is 0 Å². The lowest BCUT2D eigenvalue weighted by molar-refractivity contribution is 0.599. The molecule has 2 rings (SSSR count). The van der Waals surface area contributed by atoms with E-state index in [1.807, 2.05) is 31.2 Å². The minimum absolute atomic E-state index is 0.256. The first-order valence-corrected chi connectivity index (χ1v) is 8.90. The molecule has 0 bridgehead atoms. The van der Waals surface area contributed by atoms with E-state index in [9.17, 15) is 8.42 Å². The number of fused-ring (bicyclic) bond motifs is 1. The second kappa shape index (κ2) is 4.89. The van der Waals surface area contributed by atoms with Crippen molar-refractivity contribution >= 4 is 68.4 Å². The molecular weight excluding hydrogens is 448 g/mol. The van der Waals surface area contributed by atoms with Gasteiger partial charge in [0, 0.05) is 0 Å². The molecule has 0 aromatic heterocycles. The Kier molecular flexibility index (Phi) is 3.94. The van der Waals surface area contributed by atoms with Crippen LogP contribution in [-0.2, 0) is 9.84 Å². The SMILES string of the molecule is Cc1cccc2cc(S(=O)(=O)C(Br)(Br)Br)ccc12. The molecule has 0 unspecified atom stereocenters. The lowest BCUT2D eigenvalue weighted by Crippen LogP contribution is -2.17. The standard InChI is InChI=1S/C12H9Br3O2S/c1-8-3-2-4-9-7-10(5-6-11(8)9)18(16,17)12(13,14)15/h2-7H,1H3. The van der Waals surface area contributed by atoms with E-state index in [1.54, 1.807) is 12.1 Å². The van der Waals surface area contributed by atoms with Crippen LogP contribution in [0.4, 0.5) is 0 Å². The van der Waals surface area contributed by atoms with Crippen LogP contribution >= 0.6 is 47.8 Å². The summed E-state index contributed by atoms with van der Waals surface area (Å²) in [4.78, 5) is 0.256. The van der Waals surface area contributed by atoms with Crippen molar-refractivity contribution in [2.75, 3.05) is 0 Å². The number of aryl methyl sites for hydroxylation is 1. The average Bonchev–Trinajstić information content (AvgIpc) is 2.27. The molecule has 0 radical (unpaired) electrons. The summed E-state index contributed by atoms with van der Waals surface area (Å²) in [5.74, 6) is 0. The number of benzene rings is 2. The summed E-state index contributed by atoms with van der Waals surface area (Å²) < 4.78 is 23.1. The second-order valence-electron chi connectivity index (χ2n) is 3.91. The quantitative estimate of drug-likeness (QED) is 0.582. The topological polar surface area (TPSA) is 34.1 Å². The number of rotatable bonds is 1. The van der Waals surface area contributed by atoms with E-state index in [0.717, 1.165) is 16.3 Å². The third-order valence-electron chi connectivity index (χ3n) is 2.68. The molecule has 18 heavy (non-hydrogen) atoms. The zero-order chi connectivity index (χ0) is 13.6. The smallest absolute Gasteiger partial charge is 0.220 e. The average molecular weight is 457 g/mol. The molecule has 0 fully saturated rings. The van der Waals surface area contributed by atoms with Crippen LogP contribution in [0.15, 0.2) is 41.3 Å². The maximum absolute atomic E-state index is 12.2. The largest absolute Gasteiger partial charge is 0.239 e. The number of sulfone groups is 1. The molecule has 0 atom stereocenters. The Labute approximate surface area is 131 Å². The van der Waals surface area contributed by atoms with Gasteiger partial charge in [-0.25, -0.2) is 8.42 Å². The van der Waals surface area contributed by atoms with Gasteiger partial charge in [-0.1, -0.05) is 24.3 Å². The van der Waals surface area contributed by atoms with Crippen molar-refractivity contribution < 1.29 is 8.42 Å². The van der Waals surface area contributed by atoms with Crippen LogP contribution in [0.1, 0.15) is 5.56 Å². The van der Waals surface area contributed by atoms with Crippen LogP contribution in [0.3, 0.4) is 0 Å². The van der Waals surface area contributed by atoms with Crippen molar-refractivity contribution in [3.05, 3.63) is 42.0 Å². The molecule has 0 aliphatic carbocycles. The number of halogens is 3. The van der Waals surface area contributed by atoms with Gasteiger partial charge in [0.25, 0.3) is 0 Å². The van der Waals surface area contributed by atoms with E-state index in [4.69, 9.17) is 0 Å². The van der Waals surface area contributed by atoms with Crippen molar-refractivity contribution in [2.24, 2.45) is 0 Å². The van der Waals surface area contributed by atoms with E-state index in [0.29, 0.717) is 0 Å². The highest BCUT2D eigenvalue weighted by Gasteiger charge is 2.37. The first-order chi connectivity index (χ1) is 8.23. The van der Waals surface area contributed by atoms with Crippen LogP contribution in [0.2, 0.25) is 0 Å². The molecule has 0 heterocycles. The monoisotopic (exact) mass is 454 g/mol. The van der Waals surface area contributed by atoms with E-state index in [-0.39, 0.29) is 4.90 Å². The van der Waals surface area contributed by atoms with Gasteiger partial charge >= 0.3 is 0 Å². The Balaban J connectivity index is 2.70. The predicted octanol–water partition coefficient (Wildman–Crippen LogP) is 4.72. The normalized spacial score (nSPS) is 12.9. The fourth-order valence-electron chi connectivity index (χ4n) is 1.72. The van der Waals surface area contributed by atoms with Crippen LogP contribution < -0.4 is 0 Å². The molecule has 0 spiro atoms. The molecule has 0 saturated heterocycles. The Morgan fingerprint density at radius 3 is 2.33 bits per heavy atom. The van der Waals surface area contributed by atoms with Crippen molar-refractivity contribution in [1.82, 2.24) is 0 Å². The highest BCUT2D eigenvalue weighted by Crippen LogP contribution is 2.43. The molecule has 0 N–H and O–H groups in total. The zero-order valence-corrected chi connectivity index (χ0v) is 14.9. The van der Waals surface area contributed by atoms with Crippen molar-refractivity contribution in [2.45, 2.75) is 13.3 Å². The summed E-state index contributed by atoms with van der Waals surface area (Å²) in [6.45, 7) is 2.00. The van der Waals surface area contributed by atoms with Gasteiger partial charge in [0.1, 0.15) is 0 Å². The fourth-order valence-corrected chi connectivity index (χ4v) is 4.20. The van der Waals surface area contributed by atoms with Crippen LogP contribution in [-0.4, -0.2) is 9.89 Å². The van der Waals surface area contributed by atoms with Crippen LogP contribution in [0, 0.1) is 6.92 Å². The van der Waals surface area contributed by atoms with Crippen molar-refractivity contribution in [1.29, 1.82) is 0 Å². The molecule has 0 amide bonds. The first-order valence-electron chi connectivity index (χ1n) is 5.04. The zero-order valence-electron chi connectivity index (χ0n) is 9.32. The van der Waals surface area contributed by atoms with E-state index in [2.05, 4.69) is 47.8 Å². The lowest BCUT2D eigenvalue weighted by atomic mass is 10.1. The summed E-state index contributed by atoms with van der Waals surface area (Å²) in [5, 5.41) is 1.97. The molecule has 0 aliphatic heterocycles. The third kappa shape index (κ3) is 2.53. The predicted molar refractivity (Wildman–Crippen MR) is 85.4 cm³/mol. The van der Waals surface area contributed by atoms with E-state index in [1.165, 1.54) is 0 Å². The number of alkyl halides is 3. The Hall–Kier alpha value is 0.0900. The maximum atomic E-state index is 12.2. The van der Waals surface area contributed by atoms with E-state index >= 15 is 0 Å². The lowest BCUT2D eigenvalue weighted by Gasteiger charge is -2.14. The minimum Gasteiger partial charge on any atom is -0.220 e. The van der Waals surface area contributed by atoms with Gasteiger partial charge in [-0.2, -0.15) is 0 Å². The Morgan fingerprint density at radius 1 is 1.06 bits per heavy atom. The molecule has 0 aliphatic rings. The number of hydrogen-bond acceptors (Lipinski definition) is 2. The Morgan fingerprint density at radius 2 is 1.72 bits per heavy atom. The van der Waals surface area contributed by atoms with Gasteiger partial charge in [0.15, 0.2) is 0 Å². The van der Waals surface area contributed by atoms with Crippen molar-refractivity contribution in [3.63, 3.8) is 0 Å². The highest BCUT2D eigenvalue weighted by molar-refractivity contribution is 9.42. The van der Waals surface area contributed by atoms with E-state index < -0.39 is 11.3 Å². The molecule has 0 saturated carbocycles. The van der Waals surface area contributed by atoms with Gasteiger partial charge in [0.2, 0.25) is 11.3 Å². The summed E-state index contributed by atoms with van der Waals surface area (Å²) in [5.41, 5.74) is 1.12. The van der Waals surface area contributed by atoms with Crippen LogP contribution in [0.5, 0.6) is 0 Å². The summed E-state index contributed by atoms with van der Waals surface area (Å²) in [6, 6.07) is 10.9. The molecule has 2 aromatic rings. The highest BCUT2D eigenvalue weighted by atomic mass is 80.0. The fraction of sp³-hybridized carbons (Fsp3) is 0.167. The summed E-state index contributed by atoms with van der Waals surface area (Å²) in [6.07, 6.45) is 0. The maximum Gasteiger partial charge on any atom is 0.239 e. The van der Waals surface area contributed by atoms with Gasteiger partial charge < -0.3 is 0 Å². The minimum atomic E-state index is -3.53. The molecular formula is C12H9Br3O2S. The van der Waals surface area contributed by atoms with Crippen molar-refractivity contribution in [3.8, 4) is 0 Å². The molecule has 2 nitrogen and oxygen atoms in total. The van der Waals surface area contributed by atoms with Gasteiger partial charge in [-0.05, 0) is 83.2 Å². The Bertz CT molecular complexity index is 703. The van der Waals surface area contributed by atoms with Gasteiger partial charge in [-0.15, -0.1) is 0 Å². The molecule has 2 aromatic carbocycles. The molecule has 6 heteroatoms. The molecule has 96 valence electrons. The summed E-state index contributed by atoms with van der Waals surface area (Å²) >= 11 is 9.18.